The van der Waals surface area contributed by atoms with Gasteiger partial charge in [-0.2, -0.15) is 0 Å². The molecule has 21 heavy (non-hydrogen) atoms. The maximum absolute atomic E-state index is 8.89. The van der Waals surface area contributed by atoms with E-state index in [-0.39, 0.29) is 6.04 Å². The van der Waals surface area contributed by atoms with Crippen molar-refractivity contribution in [2.75, 3.05) is 31.1 Å². The van der Waals surface area contributed by atoms with Crippen LogP contribution in [-0.2, 0) is 0 Å². The van der Waals surface area contributed by atoms with Gasteiger partial charge in [0.1, 0.15) is 0 Å². The summed E-state index contributed by atoms with van der Waals surface area (Å²) in [5.41, 5.74) is 9.81. The highest BCUT2D eigenvalue weighted by Crippen LogP contribution is 2.24. The van der Waals surface area contributed by atoms with Crippen LogP contribution in [0.15, 0.2) is 23.4 Å². The lowest BCUT2D eigenvalue weighted by Gasteiger charge is -2.40. The Kier molecular flexibility index (Phi) is 5.07. The molecule has 1 saturated heterocycles. The third kappa shape index (κ3) is 3.29. The smallest absolute Gasteiger partial charge is 0.156 e. The van der Waals surface area contributed by atoms with Crippen LogP contribution >= 0.6 is 0 Å². The summed E-state index contributed by atoms with van der Waals surface area (Å²) < 4.78 is 0. The highest BCUT2D eigenvalue weighted by Gasteiger charge is 2.26. The van der Waals surface area contributed by atoms with Gasteiger partial charge in [0.15, 0.2) is 5.84 Å². The number of benzene rings is 1. The molecule has 0 aliphatic carbocycles. The Hall–Kier alpha value is -1.75. The molecule has 1 aliphatic heterocycles. The molecule has 5 heteroatoms. The van der Waals surface area contributed by atoms with Gasteiger partial charge in [-0.3, -0.25) is 4.90 Å². The van der Waals surface area contributed by atoms with Crippen molar-refractivity contribution in [2.24, 2.45) is 10.9 Å². The Labute approximate surface area is 127 Å². The van der Waals surface area contributed by atoms with Gasteiger partial charge in [0.05, 0.1) is 6.04 Å². The zero-order valence-corrected chi connectivity index (χ0v) is 13.2. The summed E-state index contributed by atoms with van der Waals surface area (Å²) >= 11 is 0. The molecule has 0 saturated carbocycles. The van der Waals surface area contributed by atoms with Crippen molar-refractivity contribution < 1.29 is 5.21 Å². The summed E-state index contributed by atoms with van der Waals surface area (Å²) in [4.78, 5) is 4.73. The van der Waals surface area contributed by atoms with E-state index < -0.39 is 0 Å². The predicted octanol–water partition coefficient (Wildman–Crippen LogP) is 1.95. The summed E-state index contributed by atoms with van der Waals surface area (Å²) in [5.74, 6) is 0.317. The minimum Gasteiger partial charge on any atom is -0.409 e. The van der Waals surface area contributed by atoms with Crippen LogP contribution in [-0.4, -0.2) is 48.2 Å². The lowest BCUT2D eigenvalue weighted by atomic mass is 10.1. The van der Waals surface area contributed by atoms with Crippen LogP contribution in [0.1, 0.15) is 24.5 Å². The van der Waals surface area contributed by atoms with E-state index in [1.807, 2.05) is 0 Å². The normalized spacial score (nSPS) is 18.8. The molecular weight excluding hydrogens is 264 g/mol. The van der Waals surface area contributed by atoms with E-state index in [0.29, 0.717) is 5.84 Å². The first kappa shape index (κ1) is 15.6. The summed E-state index contributed by atoms with van der Waals surface area (Å²) in [7, 11) is 0. The molecule has 1 aromatic carbocycles. The quantitative estimate of drug-likeness (QED) is 0.385. The average Bonchev–Trinajstić information content (AvgIpc) is 2.51. The SMILES string of the molecule is CCC(C(N)=NO)N1CCN(c2cccc(C)c2C)CC1. The molecule has 3 N–H and O–H groups in total. The van der Waals surface area contributed by atoms with Crippen molar-refractivity contribution in [2.45, 2.75) is 33.2 Å². The van der Waals surface area contributed by atoms with Crippen molar-refractivity contribution in [3.05, 3.63) is 29.3 Å². The van der Waals surface area contributed by atoms with Crippen LogP contribution in [0.4, 0.5) is 5.69 Å². The number of nitrogens with two attached hydrogens (primary N) is 1. The van der Waals surface area contributed by atoms with E-state index in [2.05, 4.69) is 53.9 Å². The Morgan fingerprint density at radius 3 is 2.52 bits per heavy atom. The van der Waals surface area contributed by atoms with Gasteiger partial charge in [-0.1, -0.05) is 24.2 Å². The highest BCUT2D eigenvalue weighted by molar-refractivity contribution is 5.85. The number of piperazine rings is 1. The van der Waals surface area contributed by atoms with Gasteiger partial charge in [0.25, 0.3) is 0 Å². The Balaban J connectivity index is 2.05. The van der Waals surface area contributed by atoms with Crippen molar-refractivity contribution in [3.8, 4) is 0 Å². The first-order valence-corrected chi connectivity index (χ1v) is 7.61. The number of rotatable bonds is 4. The van der Waals surface area contributed by atoms with Crippen LogP contribution in [0.2, 0.25) is 0 Å². The van der Waals surface area contributed by atoms with E-state index >= 15 is 0 Å². The molecule has 1 aliphatic rings. The number of hydrogen-bond donors (Lipinski definition) is 2. The van der Waals surface area contributed by atoms with E-state index in [4.69, 9.17) is 10.9 Å². The van der Waals surface area contributed by atoms with Crippen LogP contribution in [0, 0.1) is 13.8 Å². The second kappa shape index (κ2) is 6.80. The predicted molar refractivity (Wildman–Crippen MR) is 87.2 cm³/mol. The Morgan fingerprint density at radius 1 is 1.29 bits per heavy atom. The fraction of sp³-hybridized carbons (Fsp3) is 0.562. The summed E-state index contributed by atoms with van der Waals surface area (Å²) in [6.07, 6.45) is 0.860. The van der Waals surface area contributed by atoms with Gasteiger partial charge in [-0.15, -0.1) is 0 Å². The molecule has 0 radical (unpaired) electrons. The monoisotopic (exact) mass is 290 g/mol. The van der Waals surface area contributed by atoms with Gasteiger partial charge in [-0.05, 0) is 37.5 Å². The zero-order chi connectivity index (χ0) is 15.4. The molecule has 1 aromatic rings. The molecule has 0 bridgehead atoms. The molecule has 0 spiro atoms. The van der Waals surface area contributed by atoms with E-state index in [1.165, 1.54) is 16.8 Å². The van der Waals surface area contributed by atoms with Gasteiger partial charge in [-0.25, -0.2) is 0 Å². The molecule has 2 rings (SSSR count). The Morgan fingerprint density at radius 2 is 1.95 bits per heavy atom. The van der Waals surface area contributed by atoms with Gasteiger partial charge in [0, 0.05) is 31.9 Å². The third-order valence-electron chi connectivity index (χ3n) is 4.52. The topological polar surface area (TPSA) is 65.1 Å². The molecule has 1 fully saturated rings. The minimum atomic E-state index is 0.0377. The summed E-state index contributed by atoms with van der Waals surface area (Å²) in [6.45, 7) is 10.2. The van der Waals surface area contributed by atoms with Crippen molar-refractivity contribution in [1.82, 2.24) is 4.90 Å². The van der Waals surface area contributed by atoms with Gasteiger partial charge >= 0.3 is 0 Å². The van der Waals surface area contributed by atoms with Crippen LogP contribution in [0.5, 0.6) is 0 Å². The second-order valence-corrected chi connectivity index (χ2v) is 5.69. The third-order valence-corrected chi connectivity index (χ3v) is 4.52. The standard InChI is InChI=1S/C16H26N4O/c1-4-14(16(17)18-21)19-8-10-20(11-9-19)15-7-5-6-12(2)13(15)3/h5-7,14,21H,4,8-11H2,1-3H3,(H2,17,18). The van der Waals surface area contributed by atoms with Crippen LogP contribution in [0.25, 0.3) is 0 Å². The summed E-state index contributed by atoms with van der Waals surface area (Å²) in [5, 5.41) is 12.1. The lowest BCUT2D eigenvalue weighted by molar-refractivity contribution is 0.216. The number of aryl methyl sites for hydroxylation is 1. The van der Waals surface area contributed by atoms with Crippen LogP contribution in [0.3, 0.4) is 0 Å². The Bertz CT molecular complexity index is 507. The van der Waals surface area contributed by atoms with Crippen molar-refractivity contribution >= 4 is 11.5 Å². The number of amidine groups is 1. The average molecular weight is 290 g/mol. The maximum atomic E-state index is 8.89. The van der Waals surface area contributed by atoms with Crippen LogP contribution < -0.4 is 10.6 Å². The molecule has 0 amide bonds. The molecule has 1 heterocycles. The lowest BCUT2D eigenvalue weighted by Crippen LogP contribution is -2.54. The second-order valence-electron chi connectivity index (χ2n) is 5.69. The van der Waals surface area contributed by atoms with E-state index in [9.17, 15) is 0 Å². The molecular formula is C16H26N4O. The molecule has 1 unspecified atom stereocenters. The molecule has 1 atom stereocenters. The minimum absolute atomic E-state index is 0.0377. The van der Waals surface area contributed by atoms with Crippen molar-refractivity contribution in [1.29, 1.82) is 0 Å². The zero-order valence-electron chi connectivity index (χ0n) is 13.2. The fourth-order valence-corrected chi connectivity index (χ4v) is 3.07. The largest absolute Gasteiger partial charge is 0.409 e. The summed E-state index contributed by atoms with van der Waals surface area (Å²) in [6, 6.07) is 6.50. The van der Waals surface area contributed by atoms with Gasteiger partial charge < -0.3 is 15.8 Å². The maximum Gasteiger partial charge on any atom is 0.156 e. The highest BCUT2D eigenvalue weighted by atomic mass is 16.4. The number of oxime groups is 1. The van der Waals surface area contributed by atoms with E-state index in [0.717, 1.165) is 32.6 Å². The van der Waals surface area contributed by atoms with E-state index in [1.54, 1.807) is 0 Å². The molecule has 5 nitrogen and oxygen atoms in total. The van der Waals surface area contributed by atoms with Gasteiger partial charge in [0.2, 0.25) is 0 Å². The van der Waals surface area contributed by atoms with Crippen molar-refractivity contribution in [3.63, 3.8) is 0 Å². The number of hydrogen-bond acceptors (Lipinski definition) is 4. The first-order chi connectivity index (χ1) is 10.1. The number of anilines is 1. The molecule has 116 valence electrons. The molecule has 0 aromatic heterocycles. The first-order valence-electron chi connectivity index (χ1n) is 7.61. The number of nitrogens with zero attached hydrogens (tertiary/aromatic N) is 3. The fourth-order valence-electron chi connectivity index (χ4n) is 3.07.